The number of carbonyl (C=O) groups is 1. The Hall–Kier alpha value is -2.52. The fraction of sp³-hybridized carbons (Fsp3) is 0.118. The largest absolute Gasteiger partial charge is 0.324 e. The number of amides is 1. The van der Waals surface area contributed by atoms with Crippen LogP contribution < -0.4 is 5.32 Å². The monoisotopic (exact) mass is 432 g/mol. The number of nitro groups is 1. The number of rotatable bonds is 5. The van der Waals surface area contributed by atoms with Crippen LogP contribution in [0.15, 0.2) is 52.0 Å². The molecule has 0 atom stereocenters. The second-order valence-corrected chi connectivity index (χ2v) is 7.18. The molecule has 0 bridgehead atoms. The number of carbonyl (C=O) groups excluding carboxylic acids is 1. The molecule has 0 saturated heterocycles. The van der Waals surface area contributed by atoms with Crippen LogP contribution in [-0.2, 0) is 4.79 Å². The second-order valence-electron chi connectivity index (χ2n) is 5.36. The number of hydrogen-bond donors (Lipinski definition) is 1. The lowest BCUT2D eigenvalue weighted by Gasteiger charge is -2.08. The highest BCUT2D eigenvalue weighted by molar-refractivity contribution is 9.10. The molecule has 0 aliphatic heterocycles. The zero-order valence-corrected chi connectivity index (χ0v) is 16.0. The Morgan fingerprint density at radius 3 is 2.58 bits per heavy atom. The summed E-state index contributed by atoms with van der Waals surface area (Å²) in [6.07, 6.45) is 0. The maximum absolute atomic E-state index is 12.2. The molecule has 1 aromatic heterocycles. The molecule has 3 aromatic rings. The first-order valence-electron chi connectivity index (χ1n) is 7.54. The standard InChI is InChI=1S/C17H13BrN4O3S/c1-10-17(21-15-5-3-2-4-14(15)19-10)26-9-16(23)20-13-7-6-11(22(24)25)8-12(13)18/h2-8H,9H2,1H3,(H,20,23). The quantitative estimate of drug-likeness (QED) is 0.365. The average Bonchev–Trinajstić information content (AvgIpc) is 2.61. The summed E-state index contributed by atoms with van der Waals surface area (Å²) in [5, 5.41) is 14.2. The van der Waals surface area contributed by atoms with Crippen molar-refractivity contribution in [1.82, 2.24) is 9.97 Å². The van der Waals surface area contributed by atoms with Crippen molar-refractivity contribution in [2.24, 2.45) is 0 Å². The summed E-state index contributed by atoms with van der Waals surface area (Å²) < 4.78 is 0.451. The minimum atomic E-state index is -0.493. The van der Waals surface area contributed by atoms with Gasteiger partial charge >= 0.3 is 0 Å². The number of benzene rings is 2. The molecule has 132 valence electrons. The van der Waals surface area contributed by atoms with Crippen molar-refractivity contribution in [2.45, 2.75) is 11.9 Å². The number of fused-ring (bicyclic) bond motifs is 1. The van der Waals surface area contributed by atoms with E-state index in [1.807, 2.05) is 31.2 Å². The molecule has 0 aliphatic rings. The van der Waals surface area contributed by atoms with Crippen LogP contribution in [0.1, 0.15) is 5.69 Å². The van der Waals surface area contributed by atoms with Gasteiger partial charge in [-0.2, -0.15) is 0 Å². The van der Waals surface area contributed by atoms with Crippen molar-refractivity contribution in [1.29, 1.82) is 0 Å². The van der Waals surface area contributed by atoms with E-state index in [9.17, 15) is 14.9 Å². The van der Waals surface area contributed by atoms with Gasteiger partial charge in [-0.15, -0.1) is 0 Å². The second kappa shape index (κ2) is 7.79. The molecule has 0 spiro atoms. The number of aromatic nitrogens is 2. The van der Waals surface area contributed by atoms with Crippen molar-refractivity contribution in [3.05, 3.63) is 62.7 Å². The van der Waals surface area contributed by atoms with Gasteiger partial charge in [-0.1, -0.05) is 23.9 Å². The molecule has 2 aromatic carbocycles. The fourth-order valence-corrected chi connectivity index (χ4v) is 3.47. The van der Waals surface area contributed by atoms with Gasteiger partial charge in [0.25, 0.3) is 5.69 Å². The van der Waals surface area contributed by atoms with Crippen molar-refractivity contribution in [2.75, 3.05) is 11.1 Å². The molecule has 0 saturated carbocycles. The Labute approximate surface area is 161 Å². The van der Waals surface area contributed by atoms with Gasteiger partial charge in [0.05, 0.1) is 33.1 Å². The van der Waals surface area contributed by atoms with E-state index in [1.54, 1.807) is 0 Å². The number of halogens is 1. The predicted molar refractivity (Wildman–Crippen MR) is 104 cm³/mol. The Morgan fingerprint density at radius 2 is 1.92 bits per heavy atom. The summed E-state index contributed by atoms with van der Waals surface area (Å²) in [5.74, 6) is -0.0870. The van der Waals surface area contributed by atoms with Gasteiger partial charge < -0.3 is 5.32 Å². The molecule has 0 unspecified atom stereocenters. The van der Waals surface area contributed by atoms with E-state index in [4.69, 9.17) is 0 Å². The number of nitrogens with zero attached hydrogens (tertiary/aromatic N) is 3. The average molecular weight is 433 g/mol. The first-order valence-corrected chi connectivity index (χ1v) is 9.32. The summed E-state index contributed by atoms with van der Waals surface area (Å²) in [5.41, 5.74) is 2.78. The van der Waals surface area contributed by atoms with E-state index >= 15 is 0 Å². The van der Waals surface area contributed by atoms with E-state index in [0.717, 1.165) is 16.7 Å². The highest BCUT2D eigenvalue weighted by Crippen LogP contribution is 2.28. The number of thioether (sulfide) groups is 1. The Bertz CT molecular complexity index is 1010. The molecule has 1 N–H and O–H groups in total. The van der Waals surface area contributed by atoms with Gasteiger partial charge in [-0.25, -0.2) is 9.97 Å². The van der Waals surface area contributed by atoms with Crippen molar-refractivity contribution >= 4 is 56.0 Å². The zero-order valence-electron chi connectivity index (χ0n) is 13.6. The molecule has 0 fully saturated rings. The van der Waals surface area contributed by atoms with E-state index < -0.39 is 4.92 Å². The third-order valence-electron chi connectivity index (χ3n) is 3.48. The van der Waals surface area contributed by atoms with Gasteiger partial charge in [-0.05, 0) is 41.1 Å². The molecular weight excluding hydrogens is 420 g/mol. The predicted octanol–water partition coefficient (Wildman–Crippen LogP) is 4.34. The van der Waals surface area contributed by atoms with E-state index in [1.165, 1.54) is 30.0 Å². The Kier molecular flexibility index (Phi) is 5.48. The first-order chi connectivity index (χ1) is 12.4. The molecule has 26 heavy (non-hydrogen) atoms. The summed E-state index contributed by atoms with van der Waals surface area (Å²) in [6, 6.07) is 11.7. The minimum absolute atomic E-state index is 0.0497. The van der Waals surface area contributed by atoms with Gasteiger partial charge in [0.15, 0.2) is 0 Å². The number of anilines is 1. The van der Waals surface area contributed by atoms with Crippen LogP contribution in [0.3, 0.4) is 0 Å². The maximum Gasteiger partial charge on any atom is 0.270 e. The van der Waals surface area contributed by atoms with Crippen LogP contribution in [0, 0.1) is 17.0 Å². The maximum atomic E-state index is 12.2. The van der Waals surface area contributed by atoms with E-state index in [0.29, 0.717) is 15.2 Å². The lowest BCUT2D eigenvalue weighted by molar-refractivity contribution is -0.384. The molecule has 7 nitrogen and oxygen atoms in total. The summed E-state index contributed by atoms with van der Waals surface area (Å²) in [6.45, 7) is 1.85. The molecule has 1 amide bonds. The SMILES string of the molecule is Cc1nc2ccccc2nc1SCC(=O)Nc1ccc([N+](=O)[O-])cc1Br. The summed E-state index contributed by atoms with van der Waals surface area (Å²) in [7, 11) is 0. The zero-order chi connectivity index (χ0) is 18.7. The van der Waals surface area contributed by atoms with Crippen LogP contribution >= 0.6 is 27.7 Å². The molecular formula is C17H13BrN4O3S. The number of hydrogen-bond acceptors (Lipinski definition) is 6. The fourth-order valence-electron chi connectivity index (χ4n) is 2.25. The smallest absolute Gasteiger partial charge is 0.270 e. The number of para-hydroxylation sites is 2. The van der Waals surface area contributed by atoms with Crippen LogP contribution in [-0.4, -0.2) is 26.6 Å². The van der Waals surface area contributed by atoms with Gasteiger partial charge in [0, 0.05) is 16.6 Å². The summed E-state index contributed by atoms with van der Waals surface area (Å²) >= 11 is 4.52. The normalized spacial score (nSPS) is 10.7. The number of nitrogens with one attached hydrogen (secondary N) is 1. The first kappa shape index (κ1) is 18.3. The lowest BCUT2D eigenvalue weighted by atomic mass is 10.3. The lowest BCUT2D eigenvalue weighted by Crippen LogP contribution is -2.14. The third kappa shape index (κ3) is 4.17. The van der Waals surface area contributed by atoms with E-state index in [-0.39, 0.29) is 17.3 Å². The van der Waals surface area contributed by atoms with Crippen molar-refractivity contribution in [3.63, 3.8) is 0 Å². The highest BCUT2D eigenvalue weighted by atomic mass is 79.9. The number of aryl methyl sites for hydroxylation is 1. The number of nitro benzene ring substituents is 1. The molecule has 0 aliphatic carbocycles. The molecule has 0 radical (unpaired) electrons. The van der Waals surface area contributed by atoms with Crippen LogP contribution in [0.4, 0.5) is 11.4 Å². The molecule has 3 rings (SSSR count). The van der Waals surface area contributed by atoms with Gasteiger partial charge in [-0.3, -0.25) is 14.9 Å². The van der Waals surface area contributed by atoms with Crippen molar-refractivity contribution < 1.29 is 9.72 Å². The van der Waals surface area contributed by atoms with Crippen LogP contribution in [0.2, 0.25) is 0 Å². The Morgan fingerprint density at radius 1 is 1.23 bits per heavy atom. The van der Waals surface area contributed by atoms with Gasteiger partial charge in [0.2, 0.25) is 5.91 Å². The minimum Gasteiger partial charge on any atom is -0.324 e. The molecule has 9 heteroatoms. The van der Waals surface area contributed by atoms with Crippen LogP contribution in [0.5, 0.6) is 0 Å². The third-order valence-corrected chi connectivity index (χ3v) is 5.20. The van der Waals surface area contributed by atoms with Crippen LogP contribution in [0.25, 0.3) is 11.0 Å². The van der Waals surface area contributed by atoms with Gasteiger partial charge in [0.1, 0.15) is 5.03 Å². The van der Waals surface area contributed by atoms with E-state index in [2.05, 4.69) is 31.2 Å². The highest BCUT2D eigenvalue weighted by Gasteiger charge is 2.13. The number of non-ortho nitro benzene ring substituents is 1. The Balaban J connectivity index is 1.68. The topological polar surface area (TPSA) is 98.0 Å². The van der Waals surface area contributed by atoms with Crippen molar-refractivity contribution in [3.8, 4) is 0 Å². The summed E-state index contributed by atoms with van der Waals surface area (Å²) in [4.78, 5) is 31.5. The molecule has 1 heterocycles.